The number of hydrogen-bond donors (Lipinski definition) is 3. The number of hydrogen-bond acceptors (Lipinski definition) is 4. The molecule has 4 saturated carbocycles. The Bertz CT molecular complexity index is 969. The Morgan fingerprint density at radius 2 is 1.74 bits per heavy atom. The largest absolute Gasteiger partial charge is 0.450 e. The molecular formula is C34H53NO4. The highest BCUT2D eigenvalue weighted by molar-refractivity contribution is 5.67. The lowest BCUT2D eigenvalue weighted by atomic mass is 9.41. The van der Waals surface area contributed by atoms with Gasteiger partial charge in [-0.05, 0) is 116 Å². The Morgan fingerprint density at radius 3 is 2.49 bits per heavy atom. The first-order valence-electron chi connectivity index (χ1n) is 16.0. The van der Waals surface area contributed by atoms with E-state index in [0.29, 0.717) is 54.6 Å². The molecule has 0 bridgehead atoms. The second kappa shape index (κ2) is 11.7. The fraction of sp³-hybridized carbons (Fsp3) is 0.794. The van der Waals surface area contributed by atoms with Gasteiger partial charge in [0.2, 0.25) is 0 Å². The van der Waals surface area contributed by atoms with Gasteiger partial charge in [0.25, 0.3) is 0 Å². The van der Waals surface area contributed by atoms with E-state index in [-0.39, 0.29) is 29.1 Å². The van der Waals surface area contributed by atoms with Crippen molar-refractivity contribution in [1.29, 1.82) is 0 Å². The number of carbonyl (C=O) groups excluding carboxylic acids is 1. The Balaban J connectivity index is 1.17. The lowest BCUT2D eigenvalue weighted by Gasteiger charge is -2.64. The maximum absolute atomic E-state index is 12.1. The van der Waals surface area contributed by atoms with Crippen molar-refractivity contribution in [3.63, 3.8) is 0 Å². The molecule has 11 atom stereocenters. The summed E-state index contributed by atoms with van der Waals surface area (Å²) < 4.78 is 5.49. The molecule has 0 heterocycles. The number of rotatable bonds is 8. The van der Waals surface area contributed by atoms with E-state index in [9.17, 15) is 15.0 Å². The minimum Gasteiger partial charge on any atom is -0.450 e. The maximum Gasteiger partial charge on any atom is 0.407 e. The van der Waals surface area contributed by atoms with E-state index in [1.54, 1.807) is 0 Å². The normalized spacial score (nSPS) is 42.1. The van der Waals surface area contributed by atoms with E-state index in [2.05, 4.69) is 33.0 Å². The van der Waals surface area contributed by atoms with Crippen molar-refractivity contribution < 1.29 is 19.7 Å². The van der Waals surface area contributed by atoms with Crippen LogP contribution in [-0.4, -0.2) is 35.1 Å². The summed E-state index contributed by atoms with van der Waals surface area (Å²) in [5, 5.41) is 25.3. The fourth-order valence-electron chi connectivity index (χ4n) is 10.5. The van der Waals surface area contributed by atoms with Gasteiger partial charge in [-0.1, -0.05) is 64.4 Å². The average molecular weight is 540 g/mol. The molecule has 3 N–H and O–H groups in total. The molecule has 0 aliphatic heterocycles. The molecule has 4 fully saturated rings. The van der Waals surface area contributed by atoms with Gasteiger partial charge in [-0.25, -0.2) is 4.79 Å². The van der Waals surface area contributed by atoms with Gasteiger partial charge >= 0.3 is 6.09 Å². The summed E-state index contributed by atoms with van der Waals surface area (Å²) in [4.78, 5) is 12.1. The van der Waals surface area contributed by atoms with Crippen molar-refractivity contribution in [3.8, 4) is 0 Å². The second-order valence-electron chi connectivity index (χ2n) is 14.2. The number of ether oxygens (including phenoxy) is 1. The summed E-state index contributed by atoms with van der Waals surface area (Å²) in [6, 6.07) is 9.91. The highest BCUT2D eigenvalue weighted by Gasteiger charge is 2.64. The van der Waals surface area contributed by atoms with Crippen LogP contribution in [0.2, 0.25) is 0 Å². The maximum atomic E-state index is 12.1. The van der Waals surface area contributed by atoms with Crippen LogP contribution in [0.3, 0.4) is 0 Å². The highest BCUT2D eigenvalue weighted by Crippen LogP contribution is 2.69. The zero-order chi connectivity index (χ0) is 27.8. The summed E-state index contributed by atoms with van der Waals surface area (Å²) in [5.41, 5.74) is 1.61. The molecule has 3 unspecified atom stereocenters. The smallest absolute Gasteiger partial charge is 0.407 e. The van der Waals surface area contributed by atoms with Crippen LogP contribution in [0.5, 0.6) is 0 Å². The van der Waals surface area contributed by atoms with E-state index in [4.69, 9.17) is 4.74 Å². The number of alkyl carbamates (subject to hydrolysis) is 1. The SMILES string of the molecule is CC[C@@H]1C2C[C@H](O)CC[C@@]2(C)[C@H]2CCC3(C)[C@@H]([C@H](C)CCCOC(=O)NCc4ccccc4)CC[C@H]3C2[C@@H]1O. The molecule has 5 rings (SSSR count). The van der Waals surface area contributed by atoms with Crippen molar-refractivity contribution in [2.24, 2.45) is 52.3 Å². The van der Waals surface area contributed by atoms with Crippen molar-refractivity contribution in [2.75, 3.05) is 6.61 Å². The number of fused-ring (bicyclic) bond motifs is 5. The van der Waals surface area contributed by atoms with E-state index in [0.717, 1.165) is 44.1 Å². The number of nitrogens with one attached hydrogen (secondary N) is 1. The van der Waals surface area contributed by atoms with Crippen LogP contribution < -0.4 is 5.32 Å². The van der Waals surface area contributed by atoms with Crippen molar-refractivity contribution >= 4 is 6.09 Å². The molecule has 39 heavy (non-hydrogen) atoms. The molecule has 4 aliphatic rings. The first-order chi connectivity index (χ1) is 18.7. The zero-order valence-corrected chi connectivity index (χ0v) is 24.8. The Kier molecular flexibility index (Phi) is 8.69. The van der Waals surface area contributed by atoms with Gasteiger partial charge in [0, 0.05) is 6.54 Å². The Morgan fingerprint density at radius 1 is 1.03 bits per heavy atom. The third-order valence-electron chi connectivity index (χ3n) is 12.5. The lowest BCUT2D eigenvalue weighted by Crippen LogP contribution is -2.62. The molecule has 5 nitrogen and oxygen atoms in total. The number of aliphatic hydroxyl groups is 2. The van der Waals surface area contributed by atoms with Gasteiger partial charge < -0.3 is 20.3 Å². The quantitative estimate of drug-likeness (QED) is 0.312. The highest BCUT2D eigenvalue weighted by atomic mass is 16.5. The van der Waals surface area contributed by atoms with Crippen LogP contribution in [0.25, 0.3) is 0 Å². The zero-order valence-electron chi connectivity index (χ0n) is 24.8. The molecule has 0 saturated heterocycles. The van der Waals surface area contributed by atoms with Gasteiger partial charge in [-0.15, -0.1) is 0 Å². The summed E-state index contributed by atoms with van der Waals surface area (Å²) >= 11 is 0. The summed E-state index contributed by atoms with van der Waals surface area (Å²) in [6.45, 7) is 10.7. The molecule has 0 radical (unpaired) electrons. The van der Waals surface area contributed by atoms with Gasteiger partial charge in [-0.3, -0.25) is 0 Å². The van der Waals surface area contributed by atoms with Gasteiger partial charge in [0.1, 0.15) is 0 Å². The van der Waals surface area contributed by atoms with Crippen LogP contribution in [0.1, 0.15) is 97.5 Å². The molecule has 4 aliphatic carbocycles. The van der Waals surface area contributed by atoms with Crippen LogP contribution in [0.4, 0.5) is 4.79 Å². The van der Waals surface area contributed by atoms with E-state index < -0.39 is 0 Å². The number of aliphatic hydroxyl groups excluding tert-OH is 2. The van der Waals surface area contributed by atoms with Crippen LogP contribution in [-0.2, 0) is 11.3 Å². The third-order valence-corrected chi connectivity index (χ3v) is 12.5. The van der Waals surface area contributed by atoms with Gasteiger partial charge in [0.15, 0.2) is 0 Å². The Hall–Kier alpha value is -1.59. The van der Waals surface area contributed by atoms with E-state index in [1.165, 1.54) is 25.7 Å². The summed E-state index contributed by atoms with van der Waals surface area (Å²) in [6.07, 6.45) is 10.1. The topological polar surface area (TPSA) is 78.8 Å². The number of amides is 1. The molecule has 0 aromatic heterocycles. The van der Waals surface area contributed by atoms with E-state index in [1.807, 2.05) is 30.3 Å². The minimum absolute atomic E-state index is 0.189. The molecule has 218 valence electrons. The molecular weight excluding hydrogens is 486 g/mol. The second-order valence-corrected chi connectivity index (χ2v) is 14.2. The first kappa shape index (κ1) is 28.9. The Labute approximate surface area is 236 Å². The van der Waals surface area contributed by atoms with Crippen LogP contribution in [0.15, 0.2) is 30.3 Å². The van der Waals surface area contributed by atoms with Crippen LogP contribution >= 0.6 is 0 Å². The summed E-state index contributed by atoms with van der Waals surface area (Å²) in [5.74, 6) is 3.60. The van der Waals surface area contributed by atoms with Crippen molar-refractivity contribution in [2.45, 2.75) is 111 Å². The van der Waals surface area contributed by atoms with Crippen LogP contribution in [0, 0.1) is 52.3 Å². The number of carbonyl (C=O) groups is 1. The predicted octanol–water partition coefficient (Wildman–Crippen LogP) is 6.96. The summed E-state index contributed by atoms with van der Waals surface area (Å²) in [7, 11) is 0. The fourth-order valence-corrected chi connectivity index (χ4v) is 10.5. The standard InChI is InChI=1S/C34H53NO4/c1-5-25-29-20-24(36)15-17-34(29,4)28-16-18-33(3)26(13-14-27(33)30(28)31(25)37)22(2)10-9-19-39-32(38)35-21-23-11-7-6-8-12-23/h6-8,11-12,22,24-31,36-37H,5,9-10,13-21H2,1-4H3,(H,35,38)/t22-,24-,25-,26-,27+,28+,29?,30?,31-,33?,34+/m1/s1. The molecule has 5 heteroatoms. The predicted molar refractivity (Wildman–Crippen MR) is 155 cm³/mol. The van der Waals surface area contributed by atoms with Crippen molar-refractivity contribution in [3.05, 3.63) is 35.9 Å². The average Bonchev–Trinajstić information content (AvgIpc) is 3.29. The monoisotopic (exact) mass is 539 g/mol. The molecule has 1 aromatic rings. The first-order valence-corrected chi connectivity index (χ1v) is 16.0. The minimum atomic E-state index is -0.337. The van der Waals surface area contributed by atoms with Gasteiger partial charge in [0.05, 0.1) is 18.8 Å². The lowest BCUT2D eigenvalue weighted by molar-refractivity contribution is -0.203. The van der Waals surface area contributed by atoms with Crippen molar-refractivity contribution in [1.82, 2.24) is 5.32 Å². The molecule has 1 aromatic carbocycles. The number of benzene rings is 1. The third kappa shape index (κ3) is 5.39. The molecule has 0 spiro atoms. The molecule has 1 amide bonds. The van der Waals surface area contributed by atoms with Gasteiger partial charge in [-0.2, -0.15) is 0 Å². The van der Waals surface area contributed by atoms with E-state index >= 15 is 0 Å².